The van der Waals surface area contributed by atoms with Crippen molar-refractivity contribution in [2.75, 3.05) is 29.9 Å². The third kappa shape index (κ3) is 10.2. The molecule has 0 radical (unpaired) electrons. The number of likely N-dealkylation sites (tertiary alicyclic amines) is 1. The van der Waals surface area contributed by atoms with Crippen LogP contribution in [0.2, 0.25) is 0 Å². The molecule has 0 saturated carbocycles. The van der Waals surface area contributed by atoms with Crippen LogP contribution in [-0.4, -0.2) is 108 Å². The zero-order valence-electron chi connectivity index (χ0n) is 43.5. The van der Waals surface area contributed by atoms with Crippen LogP contribution in [0, 0.1) is 39.0 Å². The molecule has 7 heterocycles. The first-order chi connectivity index (χ1) is 36.2. The van der Waals surface area contributed by atoms with E-state index in [1.807, 2.05) is 100 Å². The molecular weight excluding hydrogens is 1000 g/mol. The van der Waals surface area contributed by atoms with Gasteiger partial charge >= 0.3 is 5.97 Å². The standard InChI is InChI=1S/C56H60N10O8S2/c1-28-31(4)76-55-46(28)47(60-41(24-45(68)69)50-63-62-32(5)66(50)55)34-13-16-39(17-14-34)64-20-19-36(25-64)51(70)59-38-15-18-43-37(21-38)22-44(74-43)53(72)61-49(56(6,7)8)54(73)65-26-40(67)23-42(65)52(71)58-29(2)33-9-11-35(12-10-33)48-30(3)57-27-75-48/h9-18,21-22,27,29,36,40-42,49,67H,19-20,23-26H2,1-8H3,(H,58,71)(H,59,70)(H,61,72)(H,68,69)/t29?,36?,40-,41+,42+,49?/m1/s1. The fourth-order valence-corrected chi connectivity index (χ4v) is 12.4. The number of nitrogens with one attached hydrogen (secondary N) is 3. The summed E-state index contributed by atoms with van der Waals surface area (Å²) in [7, 11) is 0. The van der Waals surface area contributed by atoms with Crippen molar-refractivity contribution >= 4 is 80.3 Å². The number of thiazole rings is 1. The van der Waals surface area contributed by atoms with Crippen molar-refractivity contribution in [2.45, 2.75) is 105 Å². The Bertz CT molecular complexity index is 3440. The lowest BCUT2D eigenvalue weighted by Crippen LogP contribution is -2.57. The first-order valence-corrected chi connectivity index (χ1v) is 27.0. The van der Waals surface area contributed by atoms with E-state index in [0.29, 0.717) is 53.5 Å². The van der Waals surface area contributed by atoms with E-state index in [2.05, 4.69) is 49.9 Å². The normalized spacial score (nSPS) is 19.1. The maximum Gasteiger partial charge on any atom is 0.306 e. The van der Waals surface area contributed by atoms with Crippen molar-refractivity contribution in [3.63, 3.8) is 0 Å². The number of aryl methyl sites for hydroxylation is 3. The Kier molecular flexibility index (Phi) is 14.0. The molecule has 18 nitrogen and oxygen atoms in total. The number of nitrogens with zero attached hydrogens (tertiary/aromatic N) is 7. The Hall–Kier alpha value is -7.55. The number of amides is 4. The SMILES string of the molecule is Cc1ncsc1-c1ccc(C(C)NC(=O)[C@@H]2C[C@@H](O)CN2C(=O)C(NC(=O)c2cc3cc(NC(=O)C4CCN(c5ccc(C6=N[C@@H](CC(=O)O)c7nnc(C)n7-c7sc(C)c(C)c76)cc5)C4)ccc3o2)C(C)(C)C)cc1. The van der Waals surface area contributed by atoms with E-state index in [9.17, 15) is 34.2 Å². The van der Waals surface area contributed by atoms with Gasteiger partial charge in [0, 0.05) is 58.8 Å². The lowest BCUT2D eigenvalue weighted by Gasteiger charge is -2.35. The van der Waals surface area contributed by atoms with E-state index in [0.717, 1.165) is 54.0 Å². The zero-order chi connectivity index (χ0) is 53.9. The average Bonchev–Trinajstić information content (AvgIpc) is 4.28. The maximum atomic E-state index is 14.4. The molecule has 3 aliphatic rings. The van der Waals surface area contributed by atoms with Crippen molar-refractivity contribution in [2.24, 2.45) is 16.3 Å². The van der Waals surface area contributed by atoms with Crippen LogP contribution in [0.1, 0.15) is 114 Å². The predicted molar refractivity (Wildman–Crippen MR) is 291 cm³/mol. The van der Waals surface area contributed by atoms with Crippen molar-refractivity contribution in [1.82, 2.24) is 35.3 Å². The van der Waals surface area contributed by atoms with Crippen LogP contribution in [-0.2, 0) is 19.2 Å². The molecule has 4 amide bonds. The van der Waals surface area contributed by atoms with Gasteiger partial charge in [0.25, 0.3) is 5.91 Å². The molecule has 5 N–H and O–H groups in total. The number of carbonyl (C=O) groups excluding carboxylic acids is 4. The number of aliphatic hydroxyl groups excluding tert-OH is 1. The molecule has 3 aliphatic heterocycles. The lowest BCUT2D eigenvalue weighted by molar-refractivity contribution is -0.142. The molecule has 2 saturated heterocycles. The molecule has 0 bridgehead atoms. The Morgan fingerprint density at radius 2 is 1.63 bits per heavy atom. The maximum absolute atomic E-state index is 14.4. The van der Waals surface area contributed by atoms with Crippen LogP contribution in [0.25, 0.3) is 26.4 Å². The fraction of sp³-hybridized carbons (Fsp3) is 0.375. The number of anilines is 2. The third-order valence-corrected chi connectivity index (χ3v) is 16.9. The summed E-state index contributed by atoms with van der Waals surface area (Å²) in [5, 5.41) is 39.7. The quantitative estimate of drug-likeness (QED) is 0.0734. The molecule has 3 unspecified atom stereocenters. The van der Waals surface area contributed by atoms with Gasteiger partial charge in [0.15, 0.2) is 11.6 Å². The second-order valence-corrected chi connectivity index (χ2v) is 23.2. The molecule has 20 heteroatoms. The Morgan fingerprint density at radius 1 is 0.895 bits per heavy atom. The minimum Gasteiger partial charge on any atom is -0.481 e. The largest absolute Gasteiger partial charge is 0.481 e. The van der Waals surface area contributed by atoms with Gasteiger partial charge in [-0.3, -0.25) is 33.5 Å². The number of benzene rings is 3. The number of carboxylic acids is 1. The van der Waals surface area contributed by atoms with Gasteiger partial charge < -0.3 is 40.4 Å². The van der Waals surface area contributed by atoms with Gasteiger partial charge in [0.1, 0.15) is 34.5 Å². The molecule has 3 aromatic carbocycles. The number of furan rings is 1. The van der Waals surface area contributed by atoms with E-state index in [-0.39, 0.29) is 43.0 Å². The molecule has 4 aromatic heterocycles. The number of aromatic nitrogens is 4. The monoisotopic (exact) mass is 1060 g/mol. The van der Waals surface area contributed by atoms with Crippen LogP contribution >= 0.6 is 22.7 Å². The first kappa shape index (κ1) is 51.9. The van der Waals surface area contributed by atoms with Gasteiger partial charge in [-0.05, 0) is 99.5 Å². The summed E-state index contributed by atoms with van der Waals surface area (Å²) in [5.41, 5.74) is 9.28. The number of aliphatic imine (C=N–C) groups is 1. The summed E-state index contributed by atoms with van der Waals surface area (Å²) in [6.45, 7) is 16.3. The molecule has 7 aromatic rings. The first-order valence-electron chi connectivity index (χ1n) is 25.3. The highest BCUT2D eigenvalue weighted by Crippen LogP contribution is 2.40. The molecule has 0 spiro atoms. The number of hydrogen-bond donors (Lipinski definition) is 5. The molecule has 6 atom stereocenters. The second-order valence-electron chi connectivity index (χ2n) is 21.1. The summed E-state index contributed by atoms with van der Waals surface area (Å²) < 4.78 is 7.92. The molecular formula is C56H60N10O8S2. The number of rotatable bonds is 13. The van der Waals surface area contributed by atoms with Crippen molar-refractivity contribution < 1.29 is 38.6 Å². The highest BCUT2D eigenvalue weighted by Gasteiger charge is 2.45. The summed E-state index contributed by atoms with van der Waals surface area (Å²) in [4.78, 5) is 83.1. The Labute approximate surface area is 447 Å². The Morgan fingerprint density at radius 3 is 2.33 bits per heavy atom. The topological polar surface area (TPSA) is 237 Å². The lowest BCUT2D eigenvalue weighted by atomic mass is 9.85. The fourth-order valence-electron chi connectivity index (χ4n) is 10.4. The van der Waals surface area contributed by atoms with Crippen molar-refractivity contribution in [1.29, 1.82) is 0 Å². The average molecular weight is 1070 g/mol. The number of fused-ring (bicyclic) bond motifs is 4. The smallest absolute Gasteiger partial charge is 0.306 e. The predicted octanol–water partition coefficient (Wildman–Crippen LogP) is 8.25. The zero-order valence-corrected chi connectivity index (χ0v) is 45.1. The minimum absolute atomic E-state index is 0.0365. The highest BCUT2D eigenvalue weighted by atomic mass is 32.1. The van der Waals surface area contributed by atoms with Crippen LogP contribution in [0.4, 0.5) is 11.4 Å². The summed E-state index contributed by atoms with van der Waals surface area (Å²) in [5.74, 6) is -1.85. The van der Waals surface area contributed by atoms with Gasteiger partial charge in [-0.1, -0.05) is 57.2 Å². The van der Waals surface area contributed by atoms with E-state index < -0.39 is 53.3 Å². The molecule has 10 rings (SSSR count). The van der Waals surface area contributed by atoms with Crippen LogP contribution in [0.5, 0.6) is 0 Å². The van der Waals surface area contributed by atoms with E-state index in [1.54, 1.807) is 46.9 Å². The number of hydrogen-bond acceptors (Lipinski definition) is 14. The summed E-state index contributed by atoms with van der Waals surface area (Å²) in [6, 6.07) is 19.4. The number of carboxylic acid groups (broad SMARTS) is 1. The minimum atomic E-state index is -1.08. The van der Waals surface area contributed by atoms with E-state index in [4.69, 9.17) is 9.41 Å². The van der Waals surface area contributed by atoms with Gasteiger partial charge in [-0.25, -0.2) is 4.98 Å². The van der Waals surface area contributed by atoms with Gasteiger partial charge in [-0.15, -0.1) is 32.9 Å². The van der Waals surface area contributed by atoms with E-state index in [1.165, 1.54) is 4.90 Å². The van der Waals surface area contributed by atoms with Crippen molar-refractivity contribution in [3.05, 3.63) is 129 Å². The number of thiophene rings is 1. The van der Waals surface area contributed by atoms with E-state index >= 15 is 0 Å². The number of carbonyl (C=O) groups is 5. The van der Waals surface area contributed by atoms with Gasteiger partial charge in [0.05, 0.1) is 46.3 Å². The van der Waals surface area contributed by atoms with Crippen LogP contribution < -0.4 is 20.9 Å². The summed E-state index contributed by atoms with van der Waals surface area (Å²) >= 11 is 3.17. The molecule has 2 fully saturated rings. The molecule has 76 heavy (non-hydrogen) atoms. The summed E-state index contributed by atoms with van der Waals surface area (Å²) in [6.07, 6.45) is -0.482. The molecule has 0 aliphatic carbocycles. The third-order valence-electron chi connectivity index (χ3n) is 14.7. The van der Waals surface area contributed by atoms with Gasteiger partial charge in [0.2, 0.25) is 17.7 Å². The number of aliphatic hydroxyl groups is 1. The number of β-amino-alcohol motifs (C(OH)–C–C–N with tert-alkyl or cyclic N) is 1. The Balaban J connectivity index is 0.773. The second kappa shape index (κ2) is 20.5. The van der Waals surface area contributed by atoms with Crippen LogP contribution in [0.3, 0.4) is 0 Å². The molecule has 394 valence electrons. The van der Waals surface area contributed by atoms with Crippen molar-refractivity contribution in [3.8, 4) is 15.4 Å². The van der Waals surface area contributed by atoms with Gasteiger partial charge in [-0.2, -0.15) is 0 Å². The highest BCUT2D eigenvalue weighted by molar-refractivity contribution is 7.15. The number of aliphatic carboxylic acids is 1. The van der Waals surface area contributed by atoms with Crippen LogP contribution in [0.15, 0.2) is 87.7 Å².